The highest BCUT2D eigenvalue weighted by molar-refractivity contribution is 5.82. The lowest BCUT2D eigenvalue weighted by molar-refractivity contribution is -0.282. The Kier molecular flexibility index (Phi) is 3.20. The third kappa shape index (κ3) is 2.41. The van der Waals surface area contributed by atoms with Crippen molar-refractivity contribution in [1.29, 1.82) is 0 Å². The van der Waals surface area contributed by atoms with Gasteiger partial charge in [0.25, 0.3) is 0 Å². The minimum Gasteiger partial charge on any atom is -0.368 e. The first-order valence-electron chi connectivity index (χ1n) is 6.35. The Hall–Kier alpha value is -1.35. The van der Waals surface area contributed by atoms with Crippen LogP contribution >= 0.6 is 0 Å². The lowest BCUT2D eigenvalue weighted by Gasteiger charge is -2.56. The van der Waals surface area contributed by atoms with Crippen LogP contribution in [0.2, 0.25) is 0 Å². The highest BCUT2D eigenvalue weighted by Gasteiger charge is 2.58. The van der Waals surface area contributed by atoms with Crippen LogP contribution in [0.25, 0.3) is 0 Å². The maximum Gasteiger partial charge on any atom is 0.229 e. The molecular formula is C15H21NO2. The average Bonchev–Trinajstić information content (AvgIpc) is 2.25. The van der Waals surface area contributed by atoms with E-state index in [0.717, 1.165) is 5.56 Å². The van der Waals surface area contributed by atoms with E-state index < -0.39 is 0 Å². The molecule has 18 heavy (non-hydrogen) atoms. The van der Waals surface area contributed by atoms with E-state index in [0.29, 0.717) is 6.54 Å². The summed E-state index contributed by atoms with van der Waals surface area (Å²) in [4.78, 5) is 12.2. The molecule has 0 unspecified atom stereocenters. The summed E-state index contributed by atoms with van der Waals surface area (Å²) < 4.78 is 5.74. The van der Waals surface area contributed by atoms with Gasteiger partial charge in [0.2, 0.25) is 5.91 Å². The van der Waals surface area contributed by atoms with Gasteiger partial charge < -0.3 is 10.1 Å². The van der Waals surface area contributed by atoms with Crippen LogP contribution in [-0.2, 0) is 16.1 Å². The average molecular weight is 247 g/mol. The van der Waals surface area contributed by atoms with Crippen molar-refractivity contribution in [2.24, 2.45) is 5.92 Å². The Morgan fingerprint density at radius 3 is 2.22 bits per heavy atom. The molecule has 0 spiro atoms. The molecule has 3 nitrogen and oxygen atoms in total. The van der Waals surface area contributed by atoms with Crippen molar-refractivity contribution in [2.45, 2.75) is 45.4 Å². The molecule has 1 aliphatic rings. The Morgan fingerprint density at radius 2 is 1.72 bits per heavy atom. The molecule has 0 saturated carbocycles. The van der Waals surface area contributed by atoms with Crippen molar-refractivity contribution >= 4 is 5.91 Å². The predicted octanol–water partition coefficient (Wildman–Crippen LogP) is 2.51. The van der Waals surface area contributed by atoms with Crippen LogP contribution in [0.4, 0.5) is 0 Å². The standard InChI is InChI=1S/C15H21NO2/c1-14(2)12(15(3,4)18-14)13(17)16-10-11-8-6-5-7-9-11/h5-9,12H,10H2,1-4H3,(H,16,17). The summed E-state index contributed by atoms with van der Waals surface area (Å²) >= 11 is 0. The molecule has 1 N–H and O–H groups in total. The van der Waals surface area contributed by atoms with Crippen LogP contribution in [-0.4, -0.2) is 17.1 Å². The smallest absolute Gasteiger partial charge is 0.229 e. The number of carbonyl (C=O) groups is 1. The molecule has 1 aromatic rings. The summed E-state index contributed by atoms with van der Waals surface area (Å²) in [6.45, 7) is 8.42. The first-order chi connectivity index (χ1) is 8.33. The maximum atomic E-state index is 12.2. The second-order valence-corrected chi connectivity index (χ2v) is 5.95. The van der Waals surface area contributed by atoms with Crippen LogP contribution < -0.4 is 5.32 Å². The zero-order chi connectivity index (χ0) is 13.4. The van der Waals surface area contributed by atoms with E-state index in [9.17, 15) is 4.79 Å². The van der Waals surface area contributed by atoms with E-state index >= 15 is 0 Å². The fourth-order valence-electron chi connectivity index (χ4n) is 3.09. The van der Waals surface area contributed by atoms with Crippen molar-refractivity contribution < 1.29 is 9.53 Å². The third-order valence-corrected chi connectivity index (χ3v) is 3.49. The zero-order valence-corrected chi connectivity index (χ0v) is 11.5. The van der Waals surface area contributed by atoms with Gasteiger partial charge in [-0.1, -0.05) is 30.3 Å². The van der Waals surface area contributed by atoms with Crippen molar-refractivity contribution in [1.82, 2.24) is 5.32 Å². The molecule has 1 saturated heterocycles. The fourth-order valence-corrected chi connectivity index (χ4v) is 3.09. The van der Waals surface area contributed by atoms with E-state index in [1.807, 2.05) is 58.0 Å². The molecule has 0 radical (unpaired) electrons. The molecule has 1 fully saturated rings. The van der Waals surface area contributed by atoms with E-state index in [1.165, 1.54) is 0 Å². The van der Waals surface area contributed by atoms with Crippen molar-refractivity contribution in [3.8, 4) is 0 Å². The molecule has 2 rings (SSSR count). The van der Waals surface area contributed by atoms with Gasteiger partial charge in [0.15, 0.2) is 0 Å². The molecule has 0 aliphatic carbocycles. The topological polar surface area (TPSA) is 38.3 Å². The molecule has 0 aromatic heterocycles. The number of carbonyl (C=O) groups excluding carboxylic acids is 1. The molecule has 0 atom stereocenters. The largest absolute Gasteiger partial charge is 0.368 e. The summed E-state index contributed by atoms with van der Waals surface area (Å²) in [7, 11) is 0. The minimum atomic E-state index is -0.371. The lowest BCUT2D eigenvalue weighted by Crippen LogP contribution is -2.67. The first kappa shape index (κ1) is 13.1. The van der Waals surface area contributed by atoms with Gasteiger partial charge in [-0.2, -0.15) is 0 Å². The quantitative estimate of drug-likeness (QED) is 0.891. The zero-order valence-electron chi connectivity index (χ0n) is 11.5. The number of ether oxygens (including phenoxy) is 1. The molecule has 3 heteroatoms. The molecule has 1 aliphatic heterocycles. The maximum absolute atomic E-state index is 12.2. The third-order valence-electron chi connectivity index (χ3n) is 3.49. The van der Waals surface area contributed by atoms with Crippen LogP contribution in [0.3, 0.4) is 0 Å². The van der Waals surface area contributed by atoms with Gasteiger partial charge in [0.05, 0.1) is 17.1 Å². The summed E-state index contributed by atoms with van der Waals surface area (Å²) in [5.41, 5.74) is 0.371. The van der Waals surface area contributed by atoms with E-state index in [-0.39, 0.29) is 23.0 Å². The highest BCUT2D eigenvalue weighted by atomic mass is 16.6. The number of hydrogen-bond acceptors (Lipinski definition) is 2. The van der Waals surface area contributed by atoms with E-state index in [2.05, 4.69) is 5.32 Å². The van der Waals surface area contributed by atoms with Gasteiger partial charge in [0.1, 0.15) is 0 Å². The van der Waals surface area contributed by atoms with Crippen LogP contribution in [0, 0.1) is 5.92 Å². The van der Waals surface area contributed by atoms with Gasteiger partial charge >= 0.3 is 0 Å². The van der Waals surface area contributed by atoms with Gasteiger partial charge in [-0.15, -0.1) is 0 Å². The number of rotatable bonds is 3. The Labute approximate surface area is 109 Å². The molecule has 1 aromatic carbocycles. The number of hydrogen-bond donors (Lipinski definition) is 1. The Morgan fingerprint density at radius 1 is 1.17 bits per heavy atom. The van der Waals surface area contributed by atoms with Crippen LogP contribution in [0.15, 0.2) is 30.3 Å². The molecule has 1 amide bonds. The van der Waals surface area contributed by atoms with Gasteiger partial charge in [-0.25, -0.2) is 0 Å². The predicted molar refractivity (Wildman–Crippen MR) is 71.0 cm³/mol. The Balaban J connectivity index is 1.97. The second-order valence-electron chi connectivity index (χ2n) is 5.95. The van der Waals surface area contributed by atoms with Crippen LogP contribution in [0.5, 0.6) is 0 Å². The minimum absolute atomic E-state index is 0.0695. The number of amides is 1. The van der Waals surface area contributed by atoms with E-state index in [4.69, 9.17) is 4.74 Å². The second kappa shape index (κ2) is 4.39. The SMILES string of the molecule is CC1(C)OC(C)(C)C1C(=O)NCc1ccccc1. The molecule has 0 bridgehead atoms. The molecule has 98 valence electrons. The first-order valence-corrected chi connectivity index (χ1v) is 6.35. The van der Waals surface area contributed by atoms with Crippen LogP contribution in [0.1, 0.15) is 33.3 Å². The van der Waals surface area contributed by atoms with Gasteiger partial charge in [-0.3, -0.25) is 4.79 Å². The number of benzene rings is 1. The van der Waals surface area contributed by atoms with E-state index in [1.54, 1.807) is 0 Å². The molecular weight excluding hydrogens is 226 g/mol. The summed E-state index contributed by atoms with van der Waals surface area (Å²) in [5.74, 6) is -0.0335. The normalized spacial score (nSPS) is 21.1. The fraction of sp³-hybridized carbons (Fsp3) is 0.533. The van der Waals surface area contributed by atoms with Crippen molar-refractivity contribution in [3.05, 3.63) is 35.9 Å². The molecule has 1 heterocycles. The monoisotopic (exact) mass is 247 g/mol. The Bertz CT molecular complexity index is 423. The van der Waals surface area contributed by atoms with Crippen molar-refractivity contribution in [2.75, 3.05) is 0 Å². The summed E-state index contributed by atoms with van der Waals surface area (Å²) in [6.07, 6.45) is 0. The highest BCUT2D eigenvalue weighted by Crippen LogP contribution is 2.46. The number of nitrogens with one attached hydrogen (secondary N) is 1. The van der Waals surface area contributed by atoms with Crippen molar-refractivity contribution in [3.63, 3.8) is 0 Å². The summed E-state index contributed by atoms with van der Waals surface area (Å²) in [5, 5.41) is 2.99. The van der Waals surface area contributed by atoms with Gasteiger partial charge in [-0.05, 0) is 33.3 Å². The lowest BCUT2D eigenvalue weighted by atomic mass is 9.71. The van der Waals surface area contributed by atoms with Gasteiger partial charge in [0, 0.05) is 6.54 Å². The summed E-state index contributed by atoms with van der Waals surface area (Å²) in [6, 6.07) is 9.93.